The summed E-state index contributed by atoms with van der Waals surface area (Å²) in [6.07, 6.45) is 2.28. The van der Waals surface area contributed by atoms with Crippen LogP contribution >= 0.6 is 23.5 Å². The molecule has 3 aliphatic rings. The Morgan fingerprint density at radius 2 is 1.67 bits per heavy atom. The van der Waals surface area contributed by atoms with Crippen molar-refractivity contribution in [3.63, 3.8) is 0 Å². The Morgan fingerprint density at radius 3 is 2.37 bits per heavy atom. The number of amidine groups is 1. The number of rotatable bonds is 4. The van der Waals surface area contributed by atoms with Gasteiger partial charge in [0.05, 0.1) is 26.0 Å². The molecular weight excluding hydrogens is 412 g/mol. The molecule has 3 aliphatic heterocycles. The van der Waals surface area contributed by atoms with Crippen molar-refractivity contribution >= 4 is 34.8 Å². The predicted molar refractivity (Wildman–Crippen MR) is 128 cm³/mol. The summed E-state index contributed by atoms with van der Waals surface area (Å²) in [5.74, 6) is 4.87. The number of hydrogen-bond acceptors (Lipinski definition) is 6. The first kappa shape index (κ1) is 19.6. The molecule has 2 aromatic rings. The molecule has 154 valence electrons. The van der Waals surface area contributed by atoms with Crippen molar-refractivity contribution in [2.24, 2.45) is 4.99 Å². The van der Waals surface area contributed by atoms with Crippen LogP contribution in [0.5, 0.6) is 11.5 Å². The predicted octanol–water partition coefficient (Wildman–Crippen LogP) is 5.25. The van der Waals surface area contributed by atoms with Gasteiger partial charge in [0.1, 0.15) is 11.5 Å². The number of benzene rings is 2. The fourth-order valence-corrected chi connectivity index (χ4v) is 6.22. The van der Waals surface area contributed by atoms with Gasteiger partial charge in [-0.1, -0.05) is 36.0 Å². The largest absolute Gasteiger partial charge is 0.497 e. The molecule has 4 nitrogen and oxygen atoms in total. The van der Waals surface area contributed by atoms with Crippen LogP contribution in [0.1, 0.15) is 17.2 Å². The maximum atomic E-state index is 5.37. The smallest absolute Gasteiger partial charge is 0.165 e. The van der Waals surface area contributed by atoms with E-state index >= 15 is 0 Å². The Bertz CT molecular complexity index is 1030. The molecule has 0 amide bonds. The van der Waals surface area contributed by atoms with Crippen molar-refractivity contribution in [2.45, 2.75) is 6.04 Å². The number of nitrogens with zero attached hydrogens (tertiary/aromatic N) is 2. The first-order valence-electron chi connectivity index (χ1n) is 10.0. The average Bonchev–Trinajstić information content (AvgIpc) is 3.27. The van der Waals surface area contributed by atoms with Gasteiger partial charge in [-0.15, -0.1) is 0 Å². The summed E-state index contributed by atoms with van der Waals surface area (Å²) in [7, 11) is 3.41. The first-order valence-corrected chi connectivity index (χ1v) is 12.2. The molecule has 1 atom stereocenters. The molecule has 1 unspecified atom stereocenters. The zero-order chi connectivity index (χ0) is 20.5. The molecule has 0 spiro atoms. The van der Waals surface area contributed by atoms with Crippen molar-refractivity contribution in [3.05, 3.63) is 76.5 Å². The number of allylic oxidation sites excluding steroid dienone is 1. The molecule has 0 saturated carbocycles. The zero-order valence-electron chi connectivity index (χ0n) is 17.1. The molecule has 0 N–H and O–H groups in total. The van der Waals surface area contributed by atoms with Crippen LogP contribution in [-0.4, -0.2) is 48.1 Å². The SMILES string of the molecule is COc1ccc(/C=C2/CSCC3=C2N=C2SCCN2C3c2ccc(OC)cc2)cc1. The fraction of sp³-hybridized carbons (Fsp3) is 0.292. The van der Waals surface area contributed by atoms with Crippen LogP contribution < -0.4 is 9.47 Å². The topological polar surface area (TPSA) is 34.1 Å². The lowest BCUT2D eigenvalue weighted by Gasteiger charge is -2.38. The minimum atomic E-state index is 0.250. The number of thioether (sulfide) groups is 2. The Kier molecular flexibility index (Phi) is 5.52. The second-order valence-electron chi connectivity index (χ2n) is 7.42. The quantitative estimate of drug-likeness (QED) is 0.654. The van der Waals surface area contributed by atoms with E-state index in [-0.39, 0.29) is 6.04 Å². The third-order valence-electron chi connectivity index (χ3n) is 5.67. The average molecular weight is 437 g/mol. The monoisotopic (exact) mass is 436 g/mol. The molecular formula is C24H24N2O2S2. The first-order chi connectivity index (χ1) is 14.8. The molecule has 1 saturated heterocycles. The number of methoxy groups -OCH3 is 2. The van der Waals surface area contributed by atoms with Gasteiger partial charge in [-0.2, -0.15) is 11.8 Å². The molecule has 0 aromatic heterocycles. The van der Waals surface area contributed by atoms with E-state index in [2.05, 4.69) is 47.4 Å². The van der Waals surface area contributed by atoms with E-state index < -0.39 is 0 Å². The highest BCUT2D eigenvalue weighted by molar-refractivity contribution is 8.14. The highest BCUT2D eigenvalue weighted by Crippen LogP contribution is 2.46. The second kappa shape index (κ2) is 8.44. The minimum absolute atomic E-state index is 0.250. The summed E-state index contributed by atoms with van der Waals surface area (Å²) in [6, 6.07) is 17.0. The van der Waals surface area contributed by atoms with Crippen LogP contribution in [-0.2, 0) is 0 Å². The van der Waals surface area contributed by atoms with Gasteiger partial charge in [0.15, 0.2) is 5.17 Å². The molecule has 5 rings (SSSR count). The maximum Gasteiger partial charge on any atom is 0.165 e. The van der Waals surface area contributed by atoms with Crippen molar-refractivity contribution in [2.75, 3.05) is 38.0 Å². The molecule has 6 heteroatoms. The minimum Gasteiger partial charge on any atom is -0.497 e. The van der Waals surface area contributed by atoms with Gasteiger partial charge < -0.3 is 14.4 Å². The van der Waals surface area contributed by atoms with Crippen molar-refractivity contribution < 1.29 is 9.47 Å². The summed E-state index contributed by atoms with van der Waals surface area (Å²) in [5.41, 5.74) is 6.41. The van der Waals surface area contributed by atoms with E-state index in [0.29, 0.717) is 0 Å². The Morgan fingerprint density at radius 1 is 0.967 bits per heavy atom. The Hall–Kier alpha value is -2.31. The van der Waals surface area contributed by atoms with Crippen molar-refractivity contribution in [1.29, 1.82) is 0 Å². The molecule has 30 heavy (non-hydrogen) atoms. The van der Waals surface area contributed by atoms with Crippen LogP contribution in [0.15, 0.2) is 70.4 Å². The van der Waals surface area contributed by atoms with E-state index in [1.165, 1.54) is 28.0 Å². The lowest BCUT2D eigenvalue weighted by Crippen LogP contribution is -2.36. The van der Waals surface area contributed by atoms with Gasteiger partial charge in [0.25, 0.3) is 0 Å². The van der Waals surface area contributed by atoms with Crippen LogP contribution in [0.25, 0.3) is 6.08 Å². The van der Waals surface area contributed by atoms with Gasteiger partial charge in [-0.3, -0.25) is 0 Å². The van der Waals surface area contributed by atoms with E-state index in [0.717, 1.165) is 40.5 Å². The van der Waals surface area contributed by atoms with Gasteiger partial charge in [0.2, 0.25) is 0 Å². The van der Waals surface area contributed by atoms with Gasteiger partial charge in [0, 0.05) is 23.8 Å². The Labute approximate surface area is 186 Å². The molecule has 1 fully saturated rings. The van der Waals surface area contributed by atoms with E-state index in [1.54, 1.807) is 14.2 Å². The molecule has 3 heterocycles. The molecule has 2 aromatic carbocycles. The number of fused-ring (bicyclic) bond motifs is 1. The standard InChI is InChI=1S/C24H24N2O2S2/c1-27-19-7-3-16(4-8-19)13-18-14-29-15-21-22(18)25-24-26(11-12-30-24)23(21)17-5-9-20(28-2)10-6-17/h3-10,13,23H,11-12,14-15H2,1-2H3/b18-13-. The number of aliphatic imine (C=N–C) groups is 1. The molecule has 0 bridgehead atoms. The zero-order valence-corrected chi connectivity index (χ0v) is 18.8. The van der Waals surface area contributed by atoms with Crippen molar-refractivity contribution in [1.82, 2.24) is 4.90 Å². The van der Waals surface area contributed by atoms with E-state index in [1.807, 2.05) is 35.7 Å². The third kappa shape index (κ3) is 3.63. The van der Waals surface area contributed by atoms with Crippen LogP contribution in [0, 0.1) is 0 Å². The van der Waals surface area contributed by atoms with E-state index in [9.17, 15) is 0 Å². The van der Waals surface area contributed by atoms with Gasteiger partial charge in [-0.05, 0) is 52.6 Å². The van der Waals surface area contributed by atoms with E-state index in [4.69, 9.17) is 14.5 Å². The highest BCUT2D eigenvalue weighted by Gasteiger charge is 2.38. The summed E-state index contributed by atoms with van der Waals surface area (Å²) < 4.78 is 10.7. The summed E-state index contributed by atoms with van der Waals surface area (Å²) in [6.45, 7) is 1.04. The van der Waals surface area contributed by atoms with Crippen LogP contribution in [0.2, 0.25) is 0 Å². The third-order valence-corrected chi connectivity index (χ3v) is 7.67. The number of ether oxygens (including phenoxy) is 2. The molecule has 0 aliphatic carbocycles. The second-order valence-corrected chi connectivity index (χ2v) is 9.47. The van der Waals surface area contributed by atoms with Crippen LogP contribution in [0.4, 0.5) is 0 Å². The summed E-state index contributed by atoms with van der Waals surface area (Å²) in [4.78, 5) is 7.62. The normalized spacial score (nSPS) is 21.9. The van der Waals surface area contributed by atoms with Crippen molar-refractivity contribution in [3.8, 4) is 11.5 Å². The summed E-state index contributed by atoms with van der Waals surface area (Å²) >= 11 is 3.85. The van der Waals surface area contributed by atoms with Crippen LogP contribution in [0.3, 0.4) is 0 Å². The van der Waals surface area contributed by atoms with Gasteiger partial charge >= 0.3 is 0 Å². The fourth-order valence-electron chi connectivity index (χ4n) is 4.18. The maximum absolute atomic E-state index is 5.37. The lowest BCUT2D eigenvalue weighted by molar-refractivity contribution is 0.377. The highest BCUT2D eigenvalue weighted by atomic mass is 32.2. The summed E-state index contributed by atoms with van der Waals surface area (Å²) in [5, 5.41) is 1.15. The number of hydrogen-bond donors (Lipinski definition) is 0. The molecule has 0 radical (unpaired) electrons. The Balaban J connectivity index is 1.57. The van der Waals surface area contributed by atoms with Gasteiger partial charge in [-0.25, -0.2) is 4.99 Å². The lowest BCUT2D eigenvalue weighted by atomic mass is 9.92.